The van der Waals surface area contributed by atoms with Crippen LogP contribution in [0, 0.1) is 11.7 Å². The monoisotopic (exact) mass is 422 g/mol. The third kappa shape index (κ3) is 5.41. The summed E-state index contributed by atoms with van der Waals surface area (Å²) in [7, 11) is 0. The van der Waals surface area contributed by atoms with Crippen molar-refractivity contribution in [3.05, 3.63) is 69.5 Å². The van der Waals surface area contributed by atoms with Crippen molar-refractivity contribution in [2.75, 3.05) is 13.2 Å². The van der Waals surface area contributed by atoms with Crippen molar-refractivity contribution >= 4 is 23.4 Å². The van der Waals surface area contributed by atoms with E-state index in [-0.39, 0.29) is 17.0 Å². The van der Waals surface area contributed by atoms with Gasteiger partial charge in [0.15, 0.2) is 5.78 Å². The number of aromatic carboxylic acids is 1. The maximum Gasteiger partial charge on any atom is 0.336 e. The Balaban J connectivity index is 0.00000145. The zero-order chi connectivity index (χ0) is 21.6. The molecule has 0 aliphatic carbocycles. The predicted molar refractivity (Wildman–Crippen MR) is 108 cm³/mol. The van der Waals surface area contributed by atoms with E-state index in [0.717, 1.165) is 6.07 Å². The summed E-state index contributed by atoms with van der Waals surface area (Å²) >= 11 is 5.79. The number of carboxylic acid groups (broad SMARTS) is 1. The van der Waals surface area contributed by atoms with Gasteiger partial charge in [-0.15, -0.1) is 0 Å². The van der Waals surface area contributed by atoms with E-state index >= 15 is 0 Å². The third-order valence-corrected chi connectivity index (χ3v) is 4.98. The lowest BCUT2D eigenvalue weighted by Crippen LogP contribution is -2.23. The molecule has 1 heterocycles. The maximum atomic E-state index is 14.8. The van der Waals surface area contributed by atoms with E-state index in [2.05, 4.69) is 0 Å². The number of rotatable bonds is 5. The number of carbonyl (C=O) groups excluding carboxylic acids is 1. The second-order valence-electron chi connectivity index (χ2n) is 6.46. The van der Waals surface area contributed by atoms with Crippen LogP contribution in [0.3, 0.4) is 0 Å². The Morgan fingerprint density at radius 1 is 1.14 bits per heavy atom. The molecule has 2 N–H and O–H groups in total. The Labute approximate surface area is 174 Å². The molecule has 2 aromatic carbocycles. The molecule has 0 radical (unpaired) electrons. The molecule has 156 valence electrons. The average molecular weight is 423 g/mol. The van der Waals surface area contributed by atoms with E-state index in [1.807, 2.05) is 13.8 Å². The minimum atomic E-state index is -1.44. The summed E-state index contributed by atoms with van der Waals surface area (Å²) in [5.74, 6) is -3.32. The molecule has 0 amide bonds. The second-order valence-corrected chi connectivity index (χ2v) is 6.90. The summed E-state index contributed by atoms with van der Waals surface area (Å²) in [6.45, 7) is 4.98. The zero-order valence-corrected chi connectivity index (χ0v) is 17.1. The first-order chi connectivity index (χ1) is 13.9. The summed E-state index contributed by atoms with van der Waals surface area (Å²) < 4.78 is 20.0. The highest BCUT2D eigenvalue weighted by Gasteiger charge is 2.28. The number of ketones is 1. The van der Waals surface area contributed by atoms with E-state index in [4.69, 9.17) is 16.3 Å². The molecular formula is C22H24ClFO5. The number of hydrogen-bond donors (Lipinski definition) is 2. The molecule has 1 saturated heterocycles. The summed E-state index contributed by atoms with van der Waals surface area (Å²) in [6, 6.07) is 7.96. The summed E-state index contributed by atoms with van der Waals surface area (Å²) in [5.41, 5.74) is -0.744. The average Bonchev–Trinajstić information content (AvgIpc) is 2.74. The molecule has 0 aromatic heterocycles. The minimum absolute atomic E-state index is 0.124. The summed E-state index contributed by atoms with van der Waals surface area (Å²) in [6.07, 6.45) is 0.161. The molecule has 0 bridgehead atoms. The number of aliphatic hydroxyl groups is 1. The molecular weight excluding hydrogens is 399 g/mol. The van der Waals surface area contributed by atoms with Crippen molar-refractivity contribution in [2.45, 2.75) is 32.8 Å². The van der Waals surface area contributed by atoms with Crippen LogP contribution in [0.2, 0.25) is 5.02 Å². The van der Waals surface area contributed by atoms with Gasteiger partial charge in [-0.05, 0) is 60.7 Å². The molecule has 1 unspecified atom stereocenters. The Kier molecular flexibility index (Phi) is 8.32. The lowest BCUT2D eigenvalue weighted by Gasteiger charge is -2.27. The zero-order valence-electron chi connectivity index (χ0n) is 16.3. The van der Waals surface area contributed by atoms with Crippen molar-refractivity contribution in [1.82, 2.24) is 0 Å². The number of carbonyl (C=O) groups is 2. The number of carboxylic acids is 1. The molecule has 3 rings (SSSR count). The molecule has 1 aliphatic rings. The Hall–Kier alpha value is -2.28. The molecule has 2 aromatic rings. The van der Waals surface area contributed by atoms with E-state index in [1.165, 1.54) is 30.3 Å². The van der Waals surface area contributed by atoms with Crippen LogP contribution in [0.5, 0.6) is 0 Å². The molecule has 0 saturated carbocycles. The minimum Gasteiger partial charge on any atom is -0.478 e. The van der Waals surface area contributed by atoms with Crippen LogP contribution in [-0.2, 0) is 4.74 Å². The number of hydrogen-bond acceptors (Lipinski definition) is 4. The number of aliphatic hydroxyl groups excluding tert-OH is 1. The first kappa shape index (κ1) is 23.0. The van der Waals surface area contributed by atoms with Gasteiger partial charge in [0, 0.05) is 23.8 Å². The van der Waals surface area contributed by atoms with Gasteiger partial charge in [0.1, 0.15) is 5.82 Å². The van der Waals surface area contributed by atoms with E-state index in [9.17, 15) is 24.2 Å². The Morgan fingerprint density at radius 2 is 1.72 bits per heavy atom. The second kappa shape index (κ2) is 10.5. The van der Waals surface area contributed by atoms with Gasteiger partial charge in [0.05, 0.1) is 17.2 Å². The van der Waals surface area contributed by atoms with Crippen molar-refractivity contribution in [2.24, 2.45) is 5.92 Å². The van der Waals surface area contributed by atoms with Gasteiger partial charge in [-0.1, -0.05) is 25.4 Å². The summed E-state index contributed by atoms with van der Waals surface area (Å²) in [5, 5.41) is 20.4. The van der Waals surface area contributed by atoms with Crippen LogP contribution in [0.25, 0.3) is 0 Å². The Morgan fingerprint density at radius 3 is 2.28 bits per heavy atom. The van der Waals surface area contributed by atoms with Gasteiger partial charge in [-0.2, -0.15) is 0 Å². The molecule has 1 aliphatic heterocycles. The molecule has 5 nitrogen and oxygen atoms in total. The molecule has 0 spiro atoms. The third-order valence-electron chi connectivity index (χ3n) is 4.73. The smallest absolute Gasteiger partial charge is 0.336 e. The van der Waals surface area contributed by atoms with E-state index in [0.29, 0.717) is 31.1 Å². The normalized spacial score (nSPS) is 15.2. The standard InChI is InChI=1S/C20H18ClFO5.C2H6/c21-14-3-1-11(2-4-14)19(24)17-15(20(25)26)9-13(10-16(17)22)18(23)12-5-7-27-8-6-12;1-2/h1-4,9-10,12,18,23H,5-8H2,(H,25,26);1-2H3. The van der Waals surface area contributed by atoms with E-state index in [1.54, 1.807) is 0 Å². The first-order valence-corrected chi connectivity index (χ1v) is 9.89. The highest BCUT2D eigenvalue weighted by atomic mass is 35.5. The van der Waals surface area contributed by atoms with Crippen molar-refractivity contribution in [1.29, 1.82) is 0 Å². The largest absolute Gasteiger partial charge is 0.478 e. The molecule has 1 atom stereocenters. The fourth-order valence-corrected chi connectivity index (χ4v) is 3.37. The van der Waals surface area contributed by atoms with Crippen LogP contribution in [-0.4, -0.2) is 35.2 Å². The number of benzene rings is 2. The van der Waals surface area contributed by atoms with E-state index < -0.39 is 34.8 Å². The highest BCUT2D eigenvalue weighted by Crippen LogP contribution is 2.32. The lowest BCUT2D eigenvalue weighted by molar-refractivity contribution is 0.00703. The van der Waals surface area contributed by atoms with Gasteiger partial charge in [0.2, 0.25) is 0 Å². The lowest BCUT2D eigenvalue weighted by atomic mass is 9.87. The quantitative estimate of drug-likeness (QED) is 0.670. The molecule has 1 fully saturated rings. The number of halogens is 2. The molecule has 7 heteroatoms. The van der Waals surface area contributed by atoms with Crippen LogP contribution in [0.4, 0.5) is 4.39 Å². The topological polar surface area (TPSA) is 83.8 Å². The SMILES string of the molecule is CC.O=C(O)c1cc(C(O)C2CCOCC2)cc(F)c1C(=O)c1ccc(Cl)cc1. The number of ether oxygens (including phenoxy) is 1. The van der Waals surface area contributed by atoms with Crippen molar-refractivity contribution in [3.8, 4) is 0 Å². The Bertz CT molecular complexity index is 860. The van der Waals surface area contributed by atoms with Gasteiger partial charge in [0.25, 0.3) is 0 Å². The fourth-order valence-electron chi connectivity index (χ4n) is 3.25. The van der Waals surface area contributed by atoms with Crippen LogP contribution in [0.1, 0.15) is 64.6 Å². The van der Waals surface area contributed by atoms with Crippen LogP contribution < -0.4 is 0 Å². The maximum absolute atomic E-state index is 14.8. The first-order valence-electron chi connectivity index (χ1n) is 9.51. The van der Waals surface area contributed by atoms with Crippen LogP contribution in [0.15, 0.2) is 36.4 Å². The highest BCUT2D eigenvalue weighted by molar-refractivity contribution is 6.30. The molecule has 29 heavy (non-hydrogen) atoms. The van der Waals surface area contributed by atoms with Crippen molar-refractivity contribution in [3.63, 3.8) is 0 Å². The van der Waals surface area contributed by atoms with Gasteiger partial charge >= 0.3 is 5.97 Å². The fraction of sp³-hybridized carbons (Fsp3) is 0.364. The van der Waals surface area contributed by atoms with Crippen molar-refractivity contribution < 1.29 is 28.9 Å². The van der Waals surface area contributed by atoms with Gasteiger partial charge in [-0.25, -0.2) is 9.18 Å². The summed E-state index contributed by atoms with van der Waals surface area (Å²) in [4.78, 5) is 24.3. The van der Waals surface area contributed by atoms with Gasteiger partial charge < -0.3 is 14.9 Å². The predicted octanol–water partition coefficient (Wildman–Crippen LogP) is 4.89. The van der Waals surface area contributed by atoms with Crippen LogP contribution >= 0.6 is 11.6 Å². The van der Waals surface area contributed by atoms with Gasteiger partial charge in [-0.3, -0.25) is 4.79 Å².